The molecule has 0 aliphatic carbocycles. The Morgan fingerprint density at radius 2 is 2.33 bits per heavy atom. The van der Waals surface area contributed by atoms with Crippen LogP contribution in [0.15, 0.2) is 18.2 Å². The molecule has 1 aliphatic heterocycles. The molecule has 1 aromatic rings. The van der Waals surface area contributed by atoms with E-state index in [1.54, 1.807) is 12.1 Å². The summed E-state index contributed by atoms with van der Waals surface area (Å²) in [6.07, 6.45) is 3.79. The van der Waals surface area contributed by atoms with Crippen LogP contribution >= 0.6 is 24.0 Å². The van der Waals surface area contributed by atoms with Crippen LogP contribution in [-0.4, -0.2) is 25.1 Å². The van der Waals surface area contributed by atoms with Crippen LogP contribution < -0.4 is 15.4 Å². The largest absolute Gasteiger partial charge is 0.492 e. The summed E-state index contributed by atoms with van der Waals surface area (Å²) < 4.78 is 5.36. The van der Waals surface area contributed by atoms with E-state index in [0.29, 0.717) is 35.5 Å². The molecule has 2 N–H and O–H groups in total. The zero-order valence-electron chi connectivity index (χ0n) is 12.2. The van der Waals surface area contributed by atoms with Gasteiger partial charge in [-0.25, -0.2) is 0 Å². The summed E-state index contributed by atoms with van der Waals surface area (Å²) in [6.45, 7) is 3.55. The Balaban J connectivity index is 0.00000220. The summed E-state index contributed by atoms with van der Waals surface area (Å²) in [5.74, 6) is 0.668. The number of halogens is 2. The summed E-state index contributed by atoms with van der Waals surface area (Å²) in [5.41, 5.74) is 0.711. The summed E-state index contributed by atoms with van der Waals surface area (Å²) in [6, 6.07) is 5.80. The third-order valence-corrected chi connectivity index (χ3v) is 3.69. The van der Waals surface area contributed by atoms with Crippen molar-refractivity contribution in [1.29, 1.82) is 0 Å². The highest BCUT2D eigenvalue weighted by Crippen LogP contribution is 2.27. The van der Waals surface area contributed by atoms with Gasteiger partial charge in [-0.15, -0.1) is 12.4 Å². The number of ether oxygens (including phenoxy) is 1. The first-order chi connectivity index (χ1) is 9.69. The number of rotatable bonds is 6. The van der Waals surface area contributed by atoms with E-state index < -0.39 is 0 Å². The standard InChI is InChI=1S/C15H21ClN2O2.ClH/c1-2-20-14-7-5-12(10-13(14)16)18-15(19)8-6-11-4-3-9-17-11;/h5,7,10-11,17H,2-4,6,8-9H2,1H3,(H,18,19);1H. The quantitative estimate of drug-likeness (QED) is 0.836. The molecule has 1 saturated heterocycles. The van der Waals surface area contributed by atoms with Crippen molar-refractivity contribution in [3.63, 3.8) is 0 Å². The second-order valence-electron chi connectivity index (χ2n) is 4.96. The van der Waals surface area contributed by atoms with Crippen molar-refractivity contribution in [2.24, 2.45) is 0 Å². The van der Waals surface area contributed by atoms with Crippen LogP contribution in [0.2, 0.25) is 5.02 Å². The molecule has 0 radical (unpaired) electrons. The van der Waals surface area contributed by atoms with Gasteiger partial charge in [0.1, 0.15) is 5.75 Å². The molecular weight excluding hydrogens is 311 g/mol. The first-order valence-corrected chi connectivity index (χ1v) is 7.52. The van der Waals surface area contributed by atoms with E-state index in [-0.39, 0.29) is 18.3 Å². The molecule has 1 amide bonds. The van der Waals surface area contributed by atoms with Crippen molar-refractivity contribution in [2.45, 2.75) is 38.6 Å². The van der Waals surface area contributed by atoms with Crippen LogP contribution in [-0.2, 0) is 4.79 Å². The molecule has 1 aliphatic rings. The Morgan fingerprint density at radius 1 is 1.52 bits per heavy atom. The van der Waals surface area contributed by atoms with E-state index in [1.807, 2.05) is 13.0 Å². The van der Waals surface area contributed by atoms with E-state index in [9.17, 15) is 4.79 Å². The van der Waals surface area contributed by atoms with E-state index in [0.717, 1.165) is 13.0 Å². The third-order valence-electron chi connectivity index (χ3n) is 3.40. The van der Waals surface area contributed by atoms with E-state index in [2.05, 4.69) is 10.6 Å². The average Bonchev–Trinajstić information content (AvgIpc) is 2.93. The Hall–Kier alpha value is -0.970. The number of nitrogens with one attached hydrogen (secondary N) is 2. The monoisotopic (exact) mass is 332 g/mol. The molecule has 118 valence electrons. The molecule has 2 rings (SSSR count). The smallest absolute Gasteiger partial charge is 0.224 e. The highest BCUT2D eigenvalue weighted by atomic mass is 35.5. The predicted molar refractivity (Wildman–Crippen MR) is 88.8 cm³/mol. The number of benzene rings is 1. The van der Waals surface area contributed by atoms with Crippen molar-refractivity contribution < 1.29 is 9.53 Å². The van der Waals surface area contributed by atoms with Gasteiger partial charge in [-0.3, -0.25) is 4.79 Å². The number of hydrogen-bond donors (Lipinski definition) is 2. The van der Waals surface area contributed by atoms with Gasteiger partial charge in [0.2, 0.25) is 5.91 Å². The van der Waals surface area contributed by atoms with Crippen LogP contribution in [0, 0.1) is 0 Å². The summed E-state index contributed by atoms with van der Waals surface area (Å²) in [5, 5.41) is 6.77. The lowest BCUT2D eigenvalue weighted by molar-refractivity contribution is -0.116. The summed E-state index contributed by atoms with van der Waals surface area (Å²) in [7, 11) is 0. The van der Waals surface area contributed by atoms with Gasteiger partial charge in [-0.05, 0) is 50.9 Å². The molecule has 6 heteroatoms. The lowest BCUT2D eigenvalue weighted by Crippen LogP contribution is -2.23. The molecule has 1 unspecified atom stereocenters. The van der Waals surface area contributed by atoms with E-state index in [1.165, 1.54) is 12.8 Å². The molecule has 1 heterocycles. The minimum atomic E-state index is 0. The molecule has 0 aromatic heterocycles. The second-order valence-corrected chi connectivity index (χ2v) is 5.37. The Morgan fingerprint density at radius 3 is 2.95 bits per heavy atom. The highest BCUT2D eigenvalue weighted by molar-refractivity contribution is 6.32. The average molecular weight is 333 g/mol. The number of hydrogen-bond acceptors (Lipinski definition) is 3. The minimum Gasteiger partial charge on any atom is -0.492 e. The van der Waals surface area contributed by atoms with Gasteiger partial charge in [-0.1, -0.05) is 11.6 Å². The van der Waals surface area contributed by atoms with Crippen molar-refractivity contribution in [3.8, 4) is 5.75 Å². The maximum Gasteiger partial charge on any atom is 0.224 e. The molecule has 1 aromatic carbocycles. The first-order valence-electron chi connectivity index (χ1n) is 7.14. The molecule has 4 nitrogen and oxygen atoms in total. The first kappa shape index (κ1) is 18.1. The molecule has 0 spiro atoms. The van der Waals surface area contributed by atoms with Crippen LogP contribution in [0.3, 0.4) is 0 Å². The van der Waals surface area contributed by atoms with Gasteiger partial charge < -0.3 is 15.4 Å². The highest BCUT2D eigenvalue weighted by Gasteiger charge is 2.15. The number of anilines is 1. The molecular formula is C15H22Cl2N2O2. The zero-order chi connectivity index (χ0) is 14.4. The fourth-order valence-corrected chi connectivity index (χ4v) is 2.62. The Kier molecular flexibility index (Phi) is 7.86. The minimum absolute atomic E-state index is 0. The van der Waals surface area contributed by atoms with Crippen molar-refractivity contribution >= 4 is 35.6 Å². The molecule has 1 fully saturated rings. The van der Waals surface area contributed by atoms with Gasteiger partial charge in [0.25, 0.3) is 0 Å². The maximum absolute atomic E-state index is 11.9. The molecule has 1 atom stereocenters. The van der Waals surface area contributed by atoms with Crippen LogP contribution in [0.1, 0.15) is 32.6 Å². The SMILES string of the molecule is CCOc1ccc(NC(=O)CCC2CCCN2)cc1Cl.Cl. The lowest BCUT2D eigenvalue weighted by atomic mass is 10.1. The molecule has 0 bridgehead atoms. The summed E-state index contributed by atoms with van der Waals surface area (Å²) in [4.78, 5) is 11.9. The van der Waals surface area contributed by atoms with Gasteiger partial charge >= 0.3 is 0 Å². The van der Waals surface area contributed by atoms with E-state index in [4.69, 9.17) is 16.3 Å². The van der Waals surface area contributed by atoms with Crippen molar-refractivity contribution in [2.75, 3.05) is 18.5 Å². The number of amides is 1. The van der Waals surface area contributed by atoms with Crippen molar-refractivity contribution in [3.05, 3.63) is 23.2 Å². The maximum atomic E-state index is 11.9. The van der Waals surface area contributed by atoms with Crippen LogP contribution in [0.4, 0.5) is 5.69 Å². The fraction of sp³-hybridized carbons (Fsp3) is 0.533. The second kappa shape index (κ2) is 9.13. The molecule has 0 saturated carbocycles. The van der Waals surface area contributed by atoms with Crippen molar-refractivity contribution in [1.82, 2.24) is 5.32 Å². The van der Waals surface area contributed by atoms with Gasteiger partial charge in [0.05, 0.1) is 11.6 Å². The van der Waals surface area contributed by atoms with Crippen LogP contribution in [0.5, 0.6) is 5.75 Å². The number of carbonyl (C=O) groups is 1. The third kappa shape index (κ3) is 5.73. The Bertz CT molecular complexity index is 463. The Labute approximate surface area is 137 Å². The number of carbonyl (C=O) groups excluding carboxylic acids is 1. The normalized spacial score (nSPS) is 17.1. The topological polar surface area (TPSA) is 50.4 Å². The molecule has 21 heavy (non-hydrogen) atoms. The van der Waals surface area contributed by atoms with Gasteiger partial charge in [0, 0.05) is 18.2 Å². The predicted octanol–water partition coefficient (Wildman–Crippen LogP) is 3.63. The van der Waals surface area contributed by atoms with Crippen LogP contribution in [0.25, 0.3) is 0 Å². The van der Waals surface area contributed by atoms with Gasteiger partial charge in [-0.2, -0.15) is 0 Å². The lowest BCUT2D eigenvalue weighted by Gasteiger charge is -2.11. The zero-order valence-corrected chi connectivity index (χ0v) is 13.7. The fourth-order valence-electron chi connectivity index (χ4n) is 2.38. The van der Waals surface area contributed by atoms with Gasteiger partial charge in [0.15, 0.2) is 0 Å². The summed E-state index contributed by atoms with van der Waals surface area (Å²) >= 11 is 6.09. The van der Waals surface area contributed by atoms with E-state index >= 15 is 0 Å².